The SMILES string of the molecule is O=C(Nc1cc(-c2ccc(OC(F)F)cc2)no1)c1cn[nH]n1. The van der Waals surface area contributed by atoms with Gasteiger partial charge < -0.3 is 9.26 Å². The summed E-state index contributed by atoms with van der Waals surface area (Å²) in [5.41, 5.74) is 1.12. The number of carbonyl (C=O) groups is 1. The van der Waals surface area contributed by atoms with Crippen LogP contribution in [-0.2, 0) is 0 Å². The second-order valence-electron chi connectivity index (χ2n) is 4.29. The zero-order chi connectivity index (χ0) is 16.2. The number of anilines is 1. The lowest BCUT2D eigenvalue weighted by molar-refractivity contribution is -0.0498. The number of nitrogens with zero attached hydrogens (tertiary/aromatic N) is 3. The highest BCUT2D eigenvalue weighted by Crippen LogP contribution is 2.24. The van der Waals surface area contributed by atoms with Gasteiger partial charge in [-0.05, 0) is 24.3 Å². The van der Waals surface area contributed by atoms with E-state index in [0.29, 0.717) is 11.3 Å². The van der Waals surface area contributed by atoms with Crippen molar-refractivity contribution in [3.05, 3.63) is 42.2 Å². The van der Waals surface area contributed by atoms with Crippen LogP contribution in [0.15, 0.2) is 41.1 Å². The lowest BCUT2D eigenvalue weighted by Gasteiger charge is -2.03. The summed E-state index contributed by atoms with van der Waals surface area (Å²) in [5, 5.41) is 15.7. The fraction of sp³-hybridized carbons (Fsp3) is 0.0769. The van der Waals surface area contributed by atoms with E-state index in [-0.39, 0.29) is 17.3 Å². The van der Waals surface area contributed by atoms with Crippen LogP contribution in [0.5, 0.6) is 5.75 Å². The number of halogens is 2. The van der Waals surface area contributed by atoms with E-state index < -0.39 is 12.5 Å². The highest BCUT2D eigenvalue weighted by molar-refractivity contribution is 6.01. The predicted octanol–water partition coefficient (Wildman–Crippen LogP) is 2.31. The maximum absolute atomic E-state index is 12.1. The molecule has 0 fully saturated rings. The van der Waals surface area contributed by atoms with Crippen molar-refractivity contribution in [1.82, 2.24) is 20.6 Å². The summed E-state index contributed by atoms with van der Waals surface area (Å²) in [6.07, 6.45) is 1.26. The first-order chi connectivity index (χ1) is 11.1. The average molecular weight is 321 g/mol. The number of ether oxygens (including phenoxy) is 1. The van der Waals surface area contributed by atoms with Crippen LogP contribution in [0.2, 0.25) is 0 Å². The van der Waals surface area contributed by atoms with Gasteiger partial charge in [0.2, 0.25) is 5.88 Å². The minimum absolute atomic E-state index is 0.0341. The van der Waals surface area contributed by atoms with Crippen LogP contribution in [0.25, 0.3) is 11.3 Å². The van der Waals surface area contributed by atoms with Gasteiger partial charge >= 0.3 is 6.61 Å². The van der Waals surface area contributed by atoms with Crippen LogP contribution >= 0.6 is 0 Å². The van der Waals surface area contributed by atoms with Gasteiger partial charge in [-0.25, -0.2) is 0 Å². The van der Waals surface area contributed by atoms with E-state index in [1.807, 2.05) is 0 Å². The fourth-order valence-electron chi connectivity index (χ4n) is 1.76. The highest BCUT2D eigenvalue weighted by atomic mass is 19.3. The van der Waals surface area contributed by atoms with Crippen LogP contribution in [-0.4, -0.2) is 33.1 Å². The van der Waals surface area contributed by atoms with Crippen LogP contribution in [0.1, 0.15) is 10.5 Å². The van der Waals surface area contributed by atoms with Crippen molar-refractivity contribution >= 4 is 11.8 Å². The van der Waals surface area contributed by atoms with Crippen LogP contribution < -0.4 is 10.1 Å². The summed E-state index contributed by atoms with van der Waals surface area (Å²) in [6.45, 7) is -2.88. The first kappa shape index (κ1) is 14.6. The number of hydrogen-bond acceptors (Lipinski definition) is 6. The number of amides is 1. The molecule has 2 aromatic heterocycles. The van der Waals surface area contributed by atoms with E-state index in [2.05, 4.69) is 30.6 Å². The molecule has 2 heterocycles. The highest BCUT2D eigenvalue weighted by Gasteiger charge is 2.13. The Labute approximate surface area is 127 Å². The van der Waals surface area contributed by atoms with E-state index in [0.717, 1.165) is 0 Å². The first-order valence-electron chi connectivity index (χ1n) is 6.31. The Morgan fingerprint density at radius 3 is 2.74 bits per heavy atom. The molecule has 2 N–H and O–H groups in total. The second kappa shape index (κ2) is 6.22. The molecule has 3 aromatic rings. The van der Waals surface area contributed by atoms with Crippen molar-refractivity contribution in [2.75, 3.05) is 5.32 Å². The number of carbonyl (C=O) groups excluding carboxylic acids is 1. The van der Waals surface area contributed by atoms with Crippen molar-refractivity contribution in [1.29, 1.82) is 0 Å². The Balaban J connectivity index is 1.70. The Hall–Kier alpha value is -3.30. The maximum Gasteiger partial charge on any atom is 0.387 e. The normalized spacial score (nSPS) is 10.7. The Kier molecular flexibility index (Phi) is 3.95. The lowest BCUT2D eigenvalue weighted by Crippen LogP contribution is -2.11. The number of nitrogens with one attached hydrogen (secondary N) is 2. The van der Waals surface area contributed by atoms with Gasteiger partial charge in [-0.3, -0.25) is 10.1 Å². The molecule has 0 bridgehead atoms. The molecule has 8 nitrogen and oxygen atoms in total. The molecule has 0 spiro atoms. The summed E-state index contributed by atoms with van der Waals surface area (Å²) < 4.78 is 33.4. The van der Waals surface area contributed by atoms with Crippen LogP contribution in [0.3, 0.4) is 0 Å². The van der Waals surface area contributed by atoms with E-state index >= 15 is 0 Å². The molecule has 1 amide bonds. The van der Waals surface area contributed by atoms with Gasteiger partial charge in [0.05, 0.1) is 6.20 Å². The molecule has 0 atom stereocenters. The molecule has 0 saturated carbocycles. The minimum Gasteiger partial charge on any atom is -0.435 e. The third-order valence-corrected chi connectivity index (χ3v) is 2.77. The van der Waals surface area contributed by atoms with Gasteiger partial charge in [-0.15, -0.1) is 0 Å². The Morgan fingerprint density at radius 2 is 2.09 bits per heavy atom. The third-order valence-electron chi connectivity index (χ3n) is 2.77. The van der Waals surface area contributed by atoms with Gasteiger partial charge in [-0.2, -0.15) is 24.2 Å². The van der Waals surface area contributed by atoms with Gasteiger partial charge in [0.1, 0.15) is 11.4 Å². The monoisotopic (exact) mass is 321 g/mol. The molecule has 0 aliphatic heterocycles. The second-order valence-corrected chi connectivity index (χ2v) is 4.29. The van der Waals surface area contributed by atoms with Crippen molar-refractivity contribution in [3.8, 4) is 17.0 Å². The number of rotatable bonds is 5. The Bertz CT molecular complexity index is 786. The summed E-state index contributed by atoms with van der Waals surface area (Å²) in [7, 11) is 0. The van der Waals surface area contributed by atoms with Gasteiger partial charge in [0.25, 0.3) is 5.91 Å². The number of benzene rings is 1. The number of alkyl halides is 2. The smallest absolute Gasteiger partial charge is 0.387 e. The van der Waals surface area contributed by atoms with Crippen LogP contribution in [0.4, 0.5) is 14.7 Å². The van der Waals surface area contributed by atoms with E-state index in [1.54, 1.807) is 12.1 Å². The summed E-state index contributed by atoms with van der Waals surface area (Å²) >= 11 is 0. The molecule has 0 unspecified atom stereocenters. The van der Waals surface area contributed by atoms with Crippen molar-refractivity contribution in [3.63, 3.8) is 0 Å². The standard InChI is InChI=1S/C13H9F2N5O3/c14-13(15)22-8-3-1-7(2-4-8)9-5-11(23-19-9)17-12(21)10-6-16-20-18-10/h1-6,13H,(H,17,21)(H,16,18,20). The largest absolute Gasteiger partial charge is 0.435 e. The van der Waals surface area contributed by atoms with E-state index in [9.17, 15) is 13.6 Å². The molecule has 0 aliphatic carbocycles. The van der Waals surface area contributed by atoms with Crippen LogP contribution in [0, 0.1) is 0 Å². The molecule has 118 valence electrons. The molecular formula is C13H9F2N5O3. The molecule has 0 aliphatic rings. The summed E-state index contributed by atoms with van der Waals surface area (Å²) in [6, 6.07) is 7.33. The number of aromatic amines is 1. The van der Waals surface area contributed by atoms with Gasteiger partial charge in [-0.1, -0.05) is 5.16 Å². The number of hydrogen-bond donors (Lipinski definition) is 2. The molecular weight excluding hydrogens is 312 g/mol. The van der Waals surface area contributed by atoms with Crippen molar-refractivity contribution < 1.29 is 22.8 Å². The molecule has 0 radical (unpaired) electrons. The summed E-state index contributed by atoms with van der Waals surface area (Å²) in [5.74, 6) is -0.366. The number of aromatic nitrogens is 4. The van der Waals surface area contributed by atoms with Crippen molar-refractivity contribution in [2.24, 2.45) is 0 Å². The first-order valence-corrected chi connectivity index (χ1v) is 6.31. The van der Waals surface area contributed by atoms with Gasteiger partial charge in [0, 0.05) is 11.6 Å². The zero-order valence-electron chi connectivity index (χ0n) is 11.4. The predicted molar refractivity (Wildman–Crippen MR) is 72.9 cm³/mol. The third kappa shape index (κ3) is 3.48. The molecule has 0 saturated heterocycles. The molecule has 10 heteroatoms. The molecule has 3 rings (SSSR count). The number of H-pyrrole nitrogens is 1. The van der Waals surface area contributed by atoms with E-state index in [1.165, 1.54) is 24.4 Å². The lowest BCUT2D eigenvalue weighted by atomic mass is 10.1. The van der Waals surface area contributed by atoms with Crippen molar-refractivity contribution in [2.45, 2.75) is 6.61 Å². The Morgan fingerprint density at radius 1 is 1.30 bits per heavy atom. The zero-order valence-corrected chi connectivity index (χ0v) is 11.4. The quantitative estimate of drug-likeness (QED) is 0.747. The fourth-order valence-corrected chi connectivity index (χ4v) is 1.76. The minimum atomic E-state index is -2.88. The molecule has 23 heavy (non-hydrogen) atoms. The van der Waals surface area contributed by atoms with Gasteiger partial charge in [0.15, 0.2) is 5.69 Å². The summed E-state index contributed by atoms with van der Waals surface area (Å²) in [4.78, 5) is 11.8. The molecule has 1 aromatic carbocycles. The maximum atomic E-state index is 12.1. The average Bonchev–Trinajstić information content (AvgIpc) is 3.18. The topological polar surface area (TPSA) is 106 Å². The van der Waals surface area contributed by atoms with E-state index in [4.69, 9.17) is 4.52 Å².